The summed E-state index contributed by atoms with van der Waals surface area (Å²) in [6.45, 7) is 4.27. The largest absolute Gasteiger partial charge is 0.350 e. The third kappa shape index (κ3) is 7.43. The van der Waals surface area contributed by atoms with Crippen molar-refractivity contribution >= 4 is 23.2 Å². The molecule has 0 aromatic carbocycles. The van der Waals surface area contributed by atoms with Crippen molar-refractivity contribution in [3.05, 3.63) is 0 Å². The van der Waals surface area contributed by atoms with Gasteiger partial charge < -0.3 is 4.74 Å². The molecule has 0 heterocycles. The average Bonchev–Trinajstić information content (AvgIpc) is 2.22. The maximum absolute atomic E-state index is 5.98. The Hall–Kier alpha value is 0.540. The lowest BCUT2D eigenvalue weighted by molar-refractivity contribution is 0.0833. The summed E-state index contributed by atoms with van der Waals surface area (Å²) >= 11 is 12.0. The highest BCUT2D eigenvalue weighted by Gasteiger charge is 2.30. The van der Waals surface area contributed by atoms with Gasteiger partial charge in [-0.15, -0.1) is 0 Å². The summed E-state index contributed by atoms with van der Waals surface area (Å²) in [5, 5.41) is 0. The molecule has 0 saturated heterocycles. The number of halogens is 2. The van der Waals surface area contributed by atoms with Crippen molar-refractivity contribution in [3.8, 4) is 0 Å². The molecule has 0 aliphatic rings. The normalized spacial score (nSPS) is 14.2. The van der Waals surface area contributed by atoms with Gasteiger partial charge in [-0.3, -0.25) is 0 Å². The van der Waals surface area contributed by atoms with Gasteiger partial charge in [0, 0.05) is 13.0 Å². The zero-order valence-corrected chi connectivity index (χ0v) is 11.7. The number of hydrogen-bond acceptors (Lipinski definition) is 1. The number of unbranched alkanes of at least 4 members (excludes halogenated alkanes) is 5. The van der Waals surface area contributed by atoms with Crippen LogP contribution in [0, 0.1) is 5.92 Å². The molecule has 0 aromatic rings. The van der Waals surface area contributed by atoms with Gasteiger partial charge in [0.2, 0.25) is 4.52 Å². The lowest BCUT2D eigenvalue weighted by Gasteiger charge is -2.25. The molecule has 1 atom stereocenters. The van der Waals surface area contributed by atoms with E-state index in [1.165, 1.54) is 38.5 Å². The van der Waals surface area contributed by atoms with E-state index in [9.17, 15) is 0 Å². The smallest absolute Gasteiger partial charge is 0.219 e. The van der Waals surface area contributed by atoms with Crippen LogP contribution in [0.25, 0.3) is 0 Å². The third-order valence-electron chi connectivity index (χ3n) is 2.84. The van der Waals surface area contributed by atoms with Gasteiger partial charge in [0.05, 0.1) is 0 Å². The average molecular weight is 255 g/mol. The summed E-state index contributed by atoms with van der Waals surface area (Å²) in [5.41, 5.74) is 0. The van der Waals surface area contributed by atoms with E-state index in [4.69, 9.17) is 27.9 Å². The van der Waals surface area contributed by atoms with Crippen molar-refractivity contribution in [2.45, 2.75) is 63.3 Å². The first-order valence-electron chi connectivity index (χ1n) is 5.97. The molecular weight excluding hydrogens is 231 g/mol. The number of methoxy groups -OCH3 is 1. The molecule has 0 aromatic heterocycles. The Labute approximate surface area is 104 Å². The standard InChI is InChI=1S/C12H24Cl2O/c1-4-5-6-7-8-9-10-11(2)12(13,14)15-3/h11H,4-10H2,1-3H3. The van der Waals surface area contributed by atoms with Crippen LogP contribution >= 0.6 is 23.2 Å². The summed E-state index contributed by atoms with van der Waals surface area (Å²) in [6.07, 6.45) is 8.82. The fraction of sp³-hybridized carbons (Fsp3) is 1.00. The van der Waals surface area contributed by atoms with Gasteiger partial charge in [0.15, 0.2) is 0 Å². The predicted octanol–water partition coefficient (Wildman–Crippen LogP) is 5.15. The van der Waals surface area contributed by atoms with Crippen LogP contribution in [-0.2, 0) is 4.74 Å². The number of alkyl halides is 2. The quantitative estimate of drug-likeness (QED) is 0.409. The summed E-state index contributed by atoms with van der Waals surface area (Å²) in [5.74, 6) is 0.192. The second kappa shape index (κ2) is 8.66. The minimum Gasteiger partial charge on any atom is -0.350 e. The van der Waals surface area contributed by atoms with E-state index >= 15 is 0 Å². The number of hydrogen-bond donors (Lipinski definition) is 0. The van der Waals surface area contributed by atoms with Crippen molar-refractivity contribution in [3.63, 3.8) is 0 Å². The van der Waals surface area contributed by atoms with Crippen molar-refractivity contribution in [1.82, 2.24) is 0 Å². The molecule has 0 amide bonds. The van der Waals surface area contributed by atoms with E-state index in [2.05, 4.69) is 6.92 Å². The molecule has 0 radical (unpaired) electrons. The topological polar surface area (TPSA) is 9.23 Å². The molecule has 1 unspecified atom stereocenters. The Balaban J connectivity index is 3.43. The van der Waals surface area contributed by atoms with Crippen molar-refractivity contribution < 1.29 is 4.74 Å². The summed E-state index contributed by atoms with van der Waals surface area (Å²) in [4.78, 5) is 0. The Morgan fingerprint density at radius 2 is 1.60 bits per heavy atom. The second-order valence-electron chi connectivity index (χ2n) is 4.22. The molecule has 0 bridgehead atoms. The van der Waals surface area contributed by atoms with Crippen LogP contribution in [0.2, 0.25) is 0 Å². The van der Waals surface area contributed by atoms with Gasteiger partial charge in [0.25, 0.3) is 0 Å². The first kappa shape index (κ1) is 15.5. The van der Waals surface area contributed by atoms with E-state index < -0.39 is 4.52 Å². The highest BCUT2D eigenvalue weighted by atomic mass is 35.5. The van der Waals surface area contributed by atoms with E-state index in [0.717, 1.165) is 6.42 Å². The fourth-order valence-electron chi connectivity index (χ4n) is 1.60. The van der Waals surface area contributed by atoms with Gasteiger partial charge in [-0.25, -0.2) is 0 Å². The first-order chi connectivity index (χ1) is 7.04. The van der Waals surface area contributed by atoms with E-state index in [1.54, 1.807) is 7.11 Å². The Morgan fingerprint density at radius 1 is 1.07 bits per heavy atom. The summed E-state index contributed by atoms with van der Waals surface area (Å²) < 4.78 is 4.02. The van der Waals surface area contributed by atoms with Crippen molar-refractivity contribution in [2.24, 2.45) is 5.92 Å². The van der Waals surface area contributed by atoms with E-state index in [-0.39, 0.29) is 5.92 Å². The Morgan fingerprint density at radius 3 is 2.13 bits per heavy atom. The highest BCUT2D eigenvalue weighted by molar-refractivity contribution is 6.47. The molecule has 0 N–H and O–H groups in total. The molecule has 0 rings (SSSR count). The van der Waals surface area contributed by atoms with Crippen molar-refractivity contribution in [2.75, 3.05) is 7.11 Å². The summed E-state index contributed by atoms with van der Waals surface area (Å²) in [6, 6.07) is 0. The van der Waals surface area contributed by atoms with Crippen LogP contribution in [0.15, 0.2) is 0 Å². The monoisotopic (exact) mass is 254 g/mol. The van der Waals surface area contributed by atoms with Gasteiger partial charge in [-0.1, -0.05) is 75.6 Å². The highest BCUT2D eigenvalue weighted by Crippen LogP contribution is 2.34. The molecule has 3 heteroatoms. The van der Waals surface area contributed by atoms with Crippen LogP contribution in [-0.4, -0.2) is 11.6 Å². The molecule has 15 heavy (non-hydrogen) atoms. The van der Waals surface area contributed by atoms with Gasteiger partial charge in [0.1, 0.15) is 0 Å². The van der Waals surface area contributed by atoms with Crippen LogP contribution in [0.5, 0.6) is 0 Å². The van der Waals surface area contributed by atoms with Crippen molar-refractivity contribution in [1.29, 1.82) is 0 Å². The first-order valence-corrected chi connectivity index (χ1v) is 6.73. The second-order valence-corrected chi connectivity index (χ2v) is 5.54. The fourth-order valence-corrected chi connectivity index (χ4v) is 1.82. The lowest BCUT2D eigenvalue weighted by atomic mass is 10.0. The predicted molar refractivity (Wildman–Crippen MR) is 68.6 cm³/mol. The SMILES string of the molecule is CCCCCCCCC(C)C(Cl)(Cl)OC. The molecule has 92 valence electrons. The number of ether oxygens (including phenoxy) is 1. The maximum Gasteiger partial charge on any atom is 0.219 e. The molecular formula is C12H24Cl2O. The van der Waals surface area contributed by atoms with Gasteiger partial charge in [-0.05, 0) is 6.42 Å². The number of rotatable bonds is 9. The van der Waals surface area contributed by atoms with E-state index in [0.29, 0.717) is 0 Å². The lowest BCUT2D eigenvalue weighted by Crippen LogP contribution is -2.25. The molecule has 0 aliphatic carbocycles. The van der Waals surface area contributed by atoms with Crippen LogP contribution in [0.3, 0.4) is 0 Å². The zero-order valence-electron chi connectivity index (χ0n) is 10.2. The van der Waals surface area contributed by atoms with Gasteiger partial charge >= 0.3 is 0 Å². The van der Waals surface area contributed by atoms with Crippen LogP contribution in [0.4, 0.5) is 0 Å². The summed E-state index contributed by atoms with van der Waals surface area (Å²) in [7, 11) is 1.55. The minimum absolute atomic E-state index is 0.192. The van der Waals surface area contributed by atoms with Crippen LogP contribution in [0.1, 0.15) is 58.8 Å². The zero-order chi connectivity index (χ0) is 11.7. The minimum atomic E-state index is -1.01. The Bertz CT molecular complexity index is 149. The van der Waals surface area contributed by atoms with E-state index in [1.807, 2.05) is 6.92 Å². The molecule has 1 nitrogen and oxygen atoms in total. The Kier molecular flexibility index (Phi) is 8.98. The maximum atomic E-state index is 5.98. The molecule has 0 spiro atoms. The third-order valence-corrected chi connectivity index (χ3v) is 3.89. The molecule has 0 saturated carbocycles. The molecule has 0 fully saturated rings. The van der Waals surface area contributed by atoms with Gasteiger partial charge in [-0.2, -0.15) is 0 Å². The van der Waals surface area contributed by atoms with Crippen LogP contribution < -0.4 is 0 Å². The molecule has 0 aliphatic heterocycles.